The smallest absolute Gasteiger partial charge is 0.335 e. The van der Waals surface area contributed by atoms with Crippen molar-refractivity contribution in [3.63, 3.8) is 0 Å². The molecule has 29 heavy (non-hydrogen) atoms. The van der Waals surface area contributed by atoms with E-state index in [0.29, 0.717) is 27.7 Å². The Kier molecular flexibility index (Phi) is 6.52. The van der Waals surface area contributed by atoms with E-state index < -0.39 is 5.97 Å². The quantitative estimate of drug-likeness (QED) is 0.567. The molecule has 0 aliphatic rings. The highest BCUT2D eigenvalue weighted by molar-refractivity contribution is 6.31. The highest BCUT2D eigenvalue weighted by Crippen LogP contribution is 2.20. The number of nitrogens with one attached hydrogen (secondary N) is 1. The summed E-state index contributed by atoms with van der Waals surface area (Å²) >= 11 is 12.1. The predicted molar refractivity (Wildman–Crippen MR) is 113 cm³/mol. The number of amides is 1. The van der Waals surface area contributed by atoms with Crippen molar-refractivity contribution < 1.29 is 14.7 Å². The van der Waals surface area contributed by atoms with Crippen molar-refractivity contribution in [3.05, 3.63) is 98.8 Å². The van der Waals surface area contributed by atoms with Gasteiger partial charge in [-0.15, -0.1) is 0 Å². The zero-order valence-corrected chi connectivity index (χ0v) is 17.0. The number of carboxylic acids is 1. The van der Waals surface area contributed by atoms with E-state index in [1.165, 1.54) is 18.3 Å². The molecule has 2 aromatic carbocycles. The van der Waals surface area contributed by atoms with Crippen molar-refractivity contribution >= 4 is 35.1 Å². The van der Waals surface area contributed by atoms with Gasteiger partial charge < -0.3 is 10.4 Å². The first-order chi connectivity index (χ1) is 13.8. The van der Waals surface area contributed by atoms with Gasteiger partial charge in [-0.05, 0) is 48.4 Å². The van der Waals surface area contributed by atoms with E-state index in [2.05, 4.69) is 10.3 Å². The minimum Gasteiger partial charge on any atom is -0.478 e. The first-order valence-electron chi connectivity index (χ1n) is 8.86. The third-order valence-electron chi connectivity index (χ3n) is 4.45. The first-order valence-corrected chi connectivity index (χ1v) is 9.62. The molecule has 1 aromatic heterocycles. The van der Waals surface area contributed by atoms with Crippen molar-refractivity contribution in [2.75, 3.05) is 0 Å². The van der Waals surface area contributed by atoms with Crippen LogP contribution in [0.4, 0.5) is 0 Å². The van der Waals surface area contributed by atoms with E-state index in [1.54, 1.807) is 24.3 Å². The number of carbonyl (C=O) groups is 2. The zero-order valence-electron chi connectivity index (χ0n) is 15.5. The number of pyridine rings is 1. The molecule has 0 aliphatic carbocycles. The molecule has 0 saturated carbocycles. The molecule has 0 saturated heterocycles. The van der Waals surface area contributed by atoms with Gasteiger partial charge in [0.15, 0.2) is 0 Å². The summed E-state index contributed by atoms with van der Waals surface area (Å²) in [5.74, 6) is -1.31. The highest BCUT2D eigenvalue weighted by atomic mass is 35.5. The number of carbonyl (C=O) groups excluding carboxylic acids is 1. The predicted octanol–water partition coefficient (Wildman–Crippen LogP) is 5.17. The lowest BCUT2D eigenvalue weighted by atomic mass is 10.0. The van der Waals surface area contributed by atoms with Crippen molar-refractivity contribution in [3.8, 4) is 0 Å². The molecule has 3 aromatic rings. The van der Waals surface area contributed by atoms with E-state index in [4.69, 9.17) is 28.3 Å². The van der Waals surface area contributed by atoms with Crippen molar-refractivity contribution in [1.82, 2.24) is 10.3 Å². The fourth-order valence-corrected chi connectivity index (χ4v) is 3.29. The summed E-state index contributed by atoms with van der Waals surface area (Å²) in [6.07, 6.45) is 1.94. The van der Waals surface area contributed by atoms with Gasteiger partial charge in [0.1, 0.15) is 0 Å². The summed E-state index contributed by atoms with van der Waals surface area (Å²) in [5.41, 5.74) is 2.87. The number of aromatic nitrogens is 1. The number of benzene rings is 2. The average Bonchev–Trinajstić information content (AvgIpc) is 2.69. The molecule has 0 radical (unpaired) electrons. The summed E-state index contributed by atoms with van der Waals surface area (Å²) in [6.45, 7) is 1.82. The fourth-order valence-electron chi connectivity index (χ4n) is 2.92. The largest absolute Gasteiger partial charge is 0.478 e. The number of hydrogen-bond donors (Lipinski definition) is 2. The molecule has 0 aliphatic heterocycles. The Hall–Kier alpha value is -2.89. The lowest BCUT2D eigenvalue weighted by molar-refractivity contribution is 0.0696. The molecule has 0 fully saturated rings. The topological polar surface area (TPSA) is 79.3 Å². The van der Waals surface area contributed by atoms with E-state index in [1.807, 2.05) is 25.1 Å². The van der Waals surface area contributed by atoms with E-state index in [0.717, 1.165) is 11.1 Å². The summed E-state index contributed by atoms with van der Waals surface area (Å²) in [4.78, 5) is 28.2. The second-order valence-corrected chi connectivity index (χ2v) is 7.45. The zero-order chi connectivity index (χ0) is 21.0. The molecule has 3 rings (SSSR count). The fraction of sp³-hybridized carbons (Fsp3) is 0.136. The second-order valence-electron chi connectivity index (χ2n) is 6.58. The van der Waals surface area contributed by atoms with Crippen LogP contribution in [0.3, 0.4) is 0 Å². The van der Waals surface area contributed by atoms with Gasteiger partial charge in [0.25, 0.3) is 5.91 Å². The maximum absolute atomic E-state index is 12.9. The molecule has 1 amide bonds. The number of carboxylic acid groups (broad SMARTS) is 1. The van der Waals surface area contributed by atoms with Crippen molar-refractivity contribution in [2.24, 2.45) is 0 Å². The van der Waals surface area contributed by atoms with Gasteiger partial charge in [-0.2, -0.15) is 0 Å². The summed E-state index contributed by atoms with van der Waals surface area (Å²) in [6, 6.07) is 15.0. The Morgan fingerprint density at radius 1 is 1.07 bits per heavy atom. The van der Waals surface area contributed by atoms with Crippen molar-refractivity contribution in [1.29, 1.82) is 0 Å². The molecular formula is C22H18Cl2N2O3. The van der Waals surface area contributed by atoms with Gasteiger partial charge >= 0.3 is 5.97 Å². The Morgan fingerprint density at radius 3 is 2.45 bits per heavy atom. The third kappa shape index (κ3) is 5.34. The summed E-state index contributed by atoms with van der Waals surface area (Å²) < 4.78 is 0. The molecule has 7 heteroatoms. The number of rotatable bonds is 6. The maximum Gasteiger partial charge on any atom is 0.335 e. The molecule has 5 nitrogen and oxygen atoms in total. The lowest BCUT2D eigenvalue weighted by Crippen LogP contribution is -2.28. The van der Waals surface area contributed by atoms with Crippen LogP contribution in [0.15, 0.2) is 60.8 Å². The van der Waals surface area contributed by atoms with Crippen LogP contribution in [0, 0.1) is 0 Å². The SMILES string of the molecule is C[C@H](NC(=O)c1cc(Cl)cnc1Cc1cccc(Cl)c1)c1ccc(C(=O)O)cc1. The van der Waals surface area contributed by atoms with E-state index in [-0.39, 0.29) is 17.5 Å². The molecule has 0 unspecified atom stereocenters. The molecule has 0 bridgehead atoms. The van der Waals surface area contributed by atoms with E-state index in [9.17, 15) is 9.59 Å². The van der Waals surface area contributed by atoms with Gasteiger partial charge in [-0.3, -0.25) is 9.78 Å². The molecule has 1 atom stereocenters. The van der Waals surface area contributed by atoms with Gasteiger partial charge in [-0.1, -0.05) is 47.5 Å². The molecule has 0 spiro atoms. The van der Waals surface area contributed by atoms with Crippen LogP contribution < -0.4 is 5.32 Å². The molecular weight excluding hydrogens is 411 g/mol. The van der Waals surface area contributed by atoms with Crippen LogP contribution in [0.5, 0.6) is 0 Å². The third-order valence-corrected chi connectivity index (χ3v) is 4.89. The Labute approximate surface area is 178 Å². The van der Waals surface area contributed by atoms with Crippen LogP contribution in [0.2, 0.25) is 10.0 Å². The second kappa shape index (κ2) is 9.07. The Morgan fingerprint density at radius 2 is 1.79 bits per heavy atom. The van der Waals surface area contributed by atoms with Gasteiger partial charge in [0.05, 0.1) is 27.9 Å². The van der Waals surface area contributed by atoms with E-state index >= 15 is 0 Å². The average molecular weight is 429 g/mol. The summed E-state index contributed by atoms with van der Waals surface area (Å²) in [5, 5.41) is 12.9. The Bertz CT molecular complexity index is 1050. The van der Waals surface area contributed by atoms with Crippen LogP contribution in [0.1, 0.15) is 50.5 Å². The van der Waals surface area contributed by atoms with Crippen LogP contribution >= 0.6 is 23.2 Å². The first kappa shape index (κ1) is 20.8. The molecule has 2 N–H and O–H groups in total. The minimum absolute atomic E-state index is 0.190. The summed E-state index contributed by atoms with van der Waals surface area (Å²) in [7, 11) is 0. The number of aromatic carboxylic acids is 1. The molecule has 148 valence electrons. The normalized spacial score (nSPS) is 11.7. The highest BCUT2D eigenvalue weighted by Gasteiger charge is 2.17. The van der Waals surface area contributed by atoms with Gasteiger partial charge in [0, 0.05) is 17.6 Å². The number of hydrogen-bond acceptors (Lipinski definition) is 3. The molecule has 1 heterocycles. The minimum atomic E-state index is -0.996. The monoisotopic (exact) mass is 428 g/mol. The van der Waals surface area contributed by atoms with Gasteiger partial charge in [-0.25, -0.2) is 4.79 Å². The number of nitrogens with zero attached hydrogens (tertiary/aromatic N) is 1. The maximum atomic E-state index is 12.9. The van der Waals surface area contributed by atoms with Crippen LogP contribution in [0.25, 0.3) is 0 Å². The van der Waals surface area contributed by atoms with Crippen LogP contribution in [-0.4, -0.2) is 22.0 Å². The lowest BCUT2D eigenvalue weighted by Gasteiger charge is -2.16. The Balaban J connectivity index is 1.80. The standard InChI is InChI=1S/C22H18Cl2N2O3/c1-13(15-5-7-16(8-6-15)22(28)29)26-21(27)19-11-18(24)12-25-20(19)10-14-3-2-4-17(23)9-14/h2-9,11-13H,10H2,1H3,(H,26,27)(H,28,29)/t13-/m0/s1. The van der Waals surface area contributed by atoms with Gasteiger partial charge in [0.2, 0.25) is 0 Å². The number of halogens is 2. The van der Waals surface area contributed by atoms with Crippen molar-refractivity contribution in [2.45, 2.75) is 19.4 Å². The van der Waals surface area contributed by atoms with Crippen LogP contribution in [-0.2, 0) is 6.42 Å².